The third-order valence-corrected chi connectivity index (χ3v) is 3.64. The van der Waals surface area contributed by atoms with Crippen LogP contribution in [0.5, 0.6) is 0 Å². The molecule has 104 valence electrons. The molecule has 1 aliphatic rings. The average Bonchev–Trinajstić information content (AvgIpc) is 2.78. The third kappa shape index (κ3) is 2.51. The van der Waals surface area contributed by atoms with Crippen molar-refractivity contribution in [3.63, 3.8) is 0 Å². The molecule has 2 heterocycles. The fraction of sp³-hybridized carbons (Fsp3) is 0.692. The molecule has 1 aromatic rings. The minimum atomic E-state index is 0.252. The highest BCUT2D eigenvalue weighted by molar-refractivity contribution is 5.65. The van der Waals surface area contributed by atoms with Gasteiger partial charge in [-0.05, 0) is 12.8 Å². The first-order valence-electron chi connectivity index (χ1n) is 6.83. The smallest absolute Gasteiger partial charge is 0.171 e. The van der Waals surface area contributed by atoms with Gasteiger partial charge in [-0.1, -0.05) is 13.8 Å². The Morgan fingerprint density at radius 3 is 2.53 bits per heavy atom. The summed E-state index contributed by atoms with van der Waals surface area (Å²) < 4.78 is 7.14. The van der Waals surface area contributed by atoms with Gasteiger partial charge in [-0.3, -0.25) is 0 Å². The second-order valence-corrected chi connectivity index (χ2v) is 4.71. The molecule has 0 aromatic carbocycles. The largest absolute Gasteiger partial charge is 0.383 e. The van der Waals surface area contributed by atoms with Gasteiger partial charge in [0.2, 0.25) is 0 Å². The van der Waals surface area contributed by atoms with Gasteiger partial charge in [0.25, 0.3) is 0 Å². The van der Waals surface area contributed by atoms with Crippen LogP contribution < -0.4 is 10.6 Å². The summed E-state index contributed by atoms with van der Waals surface area (Å²) in [6.07, 6.45) is 1.91. The van der Waals surface area contributed by atoms with Crippen LogP contribution >= 0.6 is 0 Å². The van der Waals surface area contributed by atoms with Gasteiger partial charge in [0, 0.05) is 13.1 Å². The first-order chi connectivity index (χ1) is 9.22. The lowest BCUT2D eigenvalue weighted by Crippen LogP contribution is -2.37. The second-order valence-electron chi connectivity index (χ2n) is 4.71. The predicted octanol–water partition coefficient (Wildman–Crippen LogP) is 1.53. The zero-order valence-electron chi connectivity index (χ0n) is 11.6. The van der Waals surface area contributed by atoms with Gasteiger partial charge in [-0.15, -0.1) is 0 Å². The molecule has 0 spiro atoms. The number of nitriles is 1. The summed E-state index contributed by atoms with van der Waals surface area (Å²) in [5.74, 6) is 1.19. The number of hydrogen-bond donors (Lipinski definition) is 1. The molecule has 0 bridgehead atoms. The first kappa shape index (κ1) is 13.7. The van der Waals surface area contributed by atoms with Crippen LogP contribution in [-0.2, 0) is 4.74 Å². The zero-order valence-corrected chi connectivity index (χ0v) is 11.6. The van der Waals surface area contributed by atoms with E-state index in [4.69, 9.17) is 10.5 Å². The normalized spacial score (nSPS) is 15.8. The molecule has 6 heteroatoms. The molecule has 1 fully saturated rings. The number of hydrogen-bond acceptors (Lipinski definition) is 5. The molecule has 0 amide bonds. The van der Waals surface area contributed by atoms with Crippen LogP contribution in [0.2, 0.25) is 0 Å². The van der Waals surface area contributed by atoms with Gasteiger partial charge < -0.3 is 15.4 Å². The SMILES string of the molecule is CCC(CC)n1nc(N2CCOCC2)c(C#N)c1N. The number of rotatable bonds is 4. The Hall–Kier alpha value is -1.74. The van der Waals surface area contributed by atoms with E-state index in [1.807, 2.05) is 4.68 Å². The molecule has 0 saturated carbocycles. The lowest BCUT2D eigenvalue weighted by Gasteiger charge is -2.26. The maximum absolute atomic E-state index is 9.33. The van der Waals surface area contributed by atoms with E-state index in [9.17, 15) is 5.26 Å². The third-order valence-electron chi connectivity index (χ3n) is 3.64. The molecule has 0 unspecified atom stereocenters. The van der Waals surface area contributed by atoms with Crippen molar-refractivity contribution in [3.8, 4) is 6.07 Å². The Morgan fingerprint density at radius 2 is 2.00 bits per heavy atom. The summed E-state index contributed by atoms with van der Waals surface area (Å²) in [4.78, 5) is 2.08. The topological polar surface area (TPSA) is 80.1 Å². The zero-order chi connectivity index (χ0) is 13.8. The maximum atomic E-state index is 9.33. The van der Waals surface area contributed by atoms with E-state index in [0.29, 0.717) is 30.4 Å². The van der Waals surface area contributed by atoms with E-state index in [0.717, 1.165) is 25.9 Å². The van der Waals surface area contributed by atoms with E-state index in [-0.39, 0.29) is 6.04 Å². The Morgan fingerprint density at radius 1 is 1.37 bits per heavy atom. The molecule has 1 saturated heterocycles. The maximum Gasteiger partial charge on any atom is 0.171 e. The molecule has 2 rings (SSSR count). The summed E-state index contributed by atoms with van der Waals surface area (Å²) in [5, 5.41) is 13.9. The van der Waals surface area contributed by atoms with Crippen LogP contribution in [0.3, 0.4) is 0 Å². The fourth-order valence-corrected chi connectivity index (χ4v) is 2.45. The number of nitrogens with two attached hydrogens (primary N) is 1. The van der Waals surface area contributed by atoms with E-state index >= 15 is 0 Å². The van der Waals surface area contributed by atoms with Crippen molar-refractivity contribution in [1.82, 2.24) is 9.78 Å². The Bertz CT molecular complexity index is 466. The van der Waals surface area contributed by atoms with Crippen LogP contribution in [0.15, 0.2) is 0 Å². The van der Waals surface area contributed by atoms with Crippen molar-refractivity contribution in [3.05, 3.63) is 5.56 Å². The molecule has 19 heavy (non-hydrogen) atoms. The summed E-state index contributed by atoms with van der Waals surface area (Å²) in [7, 11) is 0. The van der Waals surface area contributed by atoms with Gasteiger partial charge in [-0.25, -0.2) is 4.68 Å². The molecule has 0 atom stereocenters. The van der Waals surface area contributed by atoms with Crippen molar-refractivity contribution < 1.29 is 4.74 Å². The monoisotopic (exact) mass is 263 g/mol. The van der Waals surface area contributed by atoms with E-state index < -0.39 is 0 Å². The molecular weight excluding hydrogens is 242 g/mol. The quantitative estimate of drug-likeness (QED) is 0.891. The summed E-state index contributed by atoms with van der Waals surface area (Å²) in [6, 6.07) is 2.45. The van der Waals surface area contributed by atoms with Crippen LogP contribution in [0.1, 0.15) is 38.3 Å². The lowest BCUT2D eigenvalue weighted by molar-refractivity contribution is 0.122. The highest BCUT2D eigenvalue weighted by Crippen LogP contribution is 2.29. The summed E-state index contributed by atoms with van der Waals surface area (Å²) in [6.45, 7) is 7.07. The highest BCUT2D eigenvalue weighted by Gasteiger charge is 2.24. The molecule has 1 aliphatic heterocycles. The van der Waals surface area contributed by atoms with Crippen LogP contribution in [0, 0.1) is 11.3 Å². The van der Waals surface area contributed by atoms with E-state index in [1.54, 1.807) is 0 Å². The molecule has 0 aliphatic carbocycles. The minimum absolute atomic E-state index is 0.252. The Labute approximate surface area is 113 Å². The van der Waals surface area contributed by atoms with E-state index in [1.165, 1.54) is 0 Å². The molecule has 0 radical (unpaired) electrons. The van der Waals surface area contributed by atoms with Gasteiger partial charge in [0.05, 0.1) is 19.3 Å². The molecule has 1 aromatic heterocycles. The number of anilines is 2. The number of nitrogens with zero attached hydrogens (tertiary/aromatic N) is 4. The molecule has 2 N–H and O–H groups in total. The Kier molecular flexibility index (Phi) is 4.27. The number of ether oxygens (including phenoxy) is 1. The van der Waals surface area contributed by atoms with Gasteiger partial charge in [0.1, 0.15) is 17.5 Å². The Balaban J connectivity index is 2.38. The van der Waals surface area contributed by atoms with Gasteiger partial charge >= 0.3 is 0 Å². The summed E-state index contributed by atoms with van der Waals surface area (Å²) >= 11 is 0. The highest BCUT2D eigenvalue weighted by atomic mass is 16.5. The van der Waals surface area contributed by atoms with Gasteiger partial charge in [0.15, 0.2) is 5.82 Å². The van der Waals surface area contributed by atoms with Crippen molar-refractivity contribution >= 4 is 11.6 Å². The average molecular weight is 263 g/mol. The number of morpholine rings is 1. The number of nitrogen functional groups attached to an aromatic ring is 1. The summed E-state index contributed by atoms with van der Waals surface area (Å²) in [5.41, 5.74) is 6.59. The van der Waals surface area contributed by atoms with Crippen LogP contribution in [-0.4, -0.2) is 36.1 Å². The minimum Gasteiger partial charge on any atom is -0.383 e. The standard InChI is InChI=1S/C13H21N5O/c1-3-10(4-2)18-12(15)11(9-14)13(16-18)17-5-7-19-8-6-17/h10H,3-8,15H2,1-2H3. The van der Waals surface area contributed by atoms with E-state index in [2.05, 4.69) is 29.9 Å². The first-order valence-corrected chi connectivity index (χ1v) is 6.83. The number of aromatic nitrogens is 2. The van der Waals surface area contributed by atoms with Gasteiger partial charge in [-0.2, -0.15) is 10.4 Å². The molecule has 6 nitrogen and oxygen atoms in total. The van der Waals surface area contributed by atoms with Crippen LogP contribution in [0.4, 0.5) is 11.6 Å². The van der Waals surface area contributed by atoms with Crippen LogP contribution in [0.25, 0.3) is 0 Å². The lowest BCUT2D eigenvalue weighted by atomic mass is 10.2. The molecular formula is C13H21N5O. The fourth-order valence-electron chi connectivity index (χ4n) is 2.45. The van der Waals surface area contributed by atoms with Crippen molar-refractivity contribution in [1.29, 1.82) is 5.26 Å². The van der Waals surface area contributed by atoms with Crippen molar-refractivity contribution in [2.45, 2.75) is 32.7 Å². The van der Waals surface area contributed by atoms with Crippen molar-refractivity contribution in [2.24, 2.45) is 0 Å². The van der Waals surface area contributed by atoms with Crippen molar-refractivity contribution in [2.75, 3.05) is 36.9 Å². The predicted molar refractivity (Wildman–Crippen MR) is 74.0 cm³/mol. The second kappa shape index (κ2) is 5.93.